The lowest BCUT2D eigenvalue weighted by atomic mass is 9.89. The lowest BCUT2D eigenvalue weighted by Gasteiger charge is -2.31. The molecule has 0 aliphatic heterocycles. The zero-order valence-electron chi connectivity index (χ0n) is 9.35. The Bertz CT molecular complexity index is 325. The van der Waals surface area contributed by atoms with E-state index in [2.05, 4.69) is 5.32 Å². The van der Waals surface area contributed by atoms with Crippen LogP contribution < -0.4 is 5.32 Å². The van der Waals surface area contributed by atoms with E-state index in [4.69, 9.17) is 0 Å². The molecule has 1 aromatic rings. The van der Waals surface area contributed by atoms with Crippen molar-refractivity contribution in [3.63, 3.8) is 0 Å². The predicted octanol–water partition coefficient (Wildman–Crippen LogP) is 3.08. The quantitative estimate of drug-likeness (QED) is 0.810. The van der Waals surface area contributed by atoms with Gasteiger partial charge < -0.3 is 5.32 Å². The number of aryl methyl sites for hydroxylation is 1. The van der Waals surface area contributed by atoms with Crippen molar-refractivity contribution >= 4 is 0 Å². The van der Waals surface area contributed by atoms with Crippen LogP contribution >= 0.6 is 0 Å². The standard InChI is InChI=1S/C12H17F2N/c1-4-15-12(3,11(13)14)10-8-6-5-7-9(10)2/h5-8,11,15H,4H2,1-3H3. The zero-order valence-corrected chi connectivity index (χ0v) is 9.35. The highest BCUT2D eigenvalue weighted by atomic mass is 19.3. The molecule has 0 radical (unpaired) electrons. The van der Waals surface area contributed by atoms with Gasteiger partial charge >= 0.3 is 0 Å². The summed E-state index contributed by atoms with van der Waals surface area (Å²) in [6.07, 6.45) is -2.42. The highest BCUT2D eigenvalue weighted by molar-refractivity contribution is 5.32. The van der Waals surface area contributed by atoms with Crippen LogP contribution in [-0.2, 0) is 5.54 Å². The second-order valence-corrected chi connectivity index (χ2v) is 3.85. The first kappa shape index (κ1) is 12.1. The molecule has 15 heavy (non-hydrogen) atoms. The second kappa shape index (κ2) is 4.71. The van der Waals surface area contributed by atoms with Crippen molar-refractivity contribution in [3.8, 4) is 0 Å². The Morgan fingerprint density at radius 2 is 1.93 bits per heavy atom. The molecule has 1 aromatic carbocycles. The molecule has 0 fully saturated rings. The molecule has 0 saturated heterocycles. The first-order chi connectivity index (χ1) is 7.02. The highest BCUT2D eigenvalue weighted by Gasteiger charge is 2.36. The van der Waals surface area contributed by atoms with Crippen LogP contribution in [0.15, 0.2) is 24.3 Å². The van der Waals surface area contributed by atoms with Gasteiger partial charge in [0.15, 0.2) is 0 Å². The molecule has 0 aliphatic rings. The third-order valence-electron chi connectivity index (χ3n) is 2.69. The largest absolute Gasteiger partial charge is 0.303 e. The van der Waals surface area contributed by atoms with E-state index in [1.807, 2.05) is 26.0 Å². The Hall–Kier alpha value is -0.960. The molecule has 1 nitrogen and oxygen atoms in total. The minimum absolute atomic E-state index is 0.523. The van der Waals surface area contributed by atoms with Crippen molar-refractivity contribution in [1.82, 2.24) is 5.32 Å². The summed E-state index contributed by atoms with van der Waals surface area (Å²) in [5, 5.41) is 2.87. The van der Waals surface area contributed by atoms with Crippen molar-refractivity contribution in [1.29, 1.82) is 0 Å². The van der Waals surface area contributed by atoms with Gasteiger partial charge in [-0.15, -0.1) is 0 Å². The van der Waals surface area contributed by atoms with E-state index in [0.717, 1.165) is 5.56 Å². The summed E-state index contributed by atoms with van der Waals surface area (Å²) in [6.45, 7) is 5.75. The SMILES string of the molecule is CCNC(C)(c1ccccc1C)C(F)F. The van der Waals surface area contributed by atoms with Gasteiger partial charge in [-0.3, -0.25) is 0 Å². The van der Waals surface area contributed by atoms with E-state index in [0.29, 0.717) is 12.1 Å². The number of hydrogen-bond donors (Lipinski definition) is 1. The first-order valence-corrected chi connectivity index (χ1v) is 5.11. The molecule has 1 atom stereocenters. The van der Waals surface area contributed by atoms with Crippen molar-refractivity contribution in [2.75, 3.05) is 6.54 Å². The molecule has 0 aromatic heterocycles. The maximum absolute atomic E-state index is 13.1. The molecule has 84 valence electrons. The van der Waals surface area contributed by atoms with Crippen LogP contribution in [0.1, 0.15) is 25.0 Å². The Labute approximate surface area is 89.5 Å². The molecule has 0 aliphatic carbocycles. The Kier molecular flexibility index (Phi) is 3.80. The third kappa shape index (κ3) is 2.34. The fraction of sp³-hybridized carbons (Fsp3) is 0.500. The molecule has 0 amide bonds. The molecule has 0 spiro atoms. The number of benzene rings is 1. The molecule has 1 N–H and O–H groups in total. The van der Waals surface area contributed by atoms with Gasteiger partial charge in [-0.1, -0.05) is 31.2 Å². The van der Waals surface area contributed by atoms with Crippen LogP contribution in [0.5, 0.6) is 0 Å². The predicted molar refractivity (Wildman–Crippen MR) is 58.2 cm³/mol. The smallest absolute Gasteiger partial charge is 0.260 e. The molecular weight excluding hydrogens is 196 g/mol. The Morgan fingerprint density at radius 1 is 1.33 bits per heavy atom. The first-order valence-electron chi connectivity index (χ1n) is 5.11. The lowest BCUT2D eigenvalue weighted by molar-refractivity contribution is 0.0390. The van der Waals surface area contributed by atoms with Crippen LogP contribution in [0.3, 0.4) is 0 Å². The van der Waals surface area contributed by atoms with Gasteiger partial charge in [0.25, 0.3) is 6.43 Å². The number of halogens is 2. The summed E-state index contributed by atoms with van der Waals surface area (Å²) in [5.41, 5.74) is 0.309. The van der Waals surface area contributed by atoms with Gasteiger partial charge in [-0.2, -0.15) is 0 Å². The number of nitrogens with one attached hydrogen (secondary N) is 1. The van der Waals surface area contributed by atoms with E-state index >= 15 is 0 Å². The van der Waals surface area contributed by atoms with E-state index < -0.39 is 12.0 Å². The molecule has 3 heteroatoms. The summed E-state index contributed by atoms with van der Waals surface area (Å²) in [4.78, 5) is 0. The summed E-state index contributed by atoms with van der Waals surface area (Å²) in [6, 6.07) is 7.26. The summed E-state index contributed by atoms with van der Waals surface area (Å²) >= 11 is 0. The normalized spacial score (nSPS) is 15.3. The number of hydrogen-bond acceptors (Lipinski definition) is 1. The van der Waals surface area contributed by atoms with Gasteiger partial charge in [-0.05, 0) is 31.5 Å². The molecule has 0 saturated carbocycles. The van der Waals surface area contributed by atoms with Gasteiger partial charge in [-0.25, -0.2) is 8.78 Å². The van der Waals surface area contributed by atoms with Gasteiger partial charge in [0.2, 0.25) is 0 Å². The van der Waals surface area contributed by atoms with Gasteiger partial charge in [0.1, 0.15) is 5.54 Å². The Balaban J connectivity index is 3.15. The third-order valence-corrected chi connectivity index (χ3v) is 2.69. The second-order valence-electron chi connectivity index (χ2n) is 3.85. The molecular formula is C12H17F2N. The van der Waals surface area contributed by atoms with Crippen LogP contribution in [-0.4, -0.2) is 13.0 Å². The van der Waals surface area contributed by atoms with Crippen molar-refractivity contribution in [3.05, 3.63) is 35.4 Å². The Morgan fingerprint density at radius 3 is 2.40 bits per heavy atom. The molecule has 0 heterocycles. The fourth-order valence-corrected chi connectivity index (χ4v) is 1.81. The number of rotatable bonds is 4. The van der Waals surface area contributed by atoms with E-state index in [-0.39, 0.29) is 0 Å². The van der Waals surface area contributed by atoms with Crippen LogP contribution in [0, 0.1) is 6.92 Å². The molecule has 1 unspecified atom stereocenters. The lowest BCUT2D eigenvalue weighted by Crippen LogP contribution is -2.46. The average Bonchev–Trinajstić information content (AvgIpc) is 2.18. The van der Waals surface area contributed by atoms with E-state index in [1.165, 1.54) is 0 Å². The maximum atomic E-state index is 13.1. The maximum Gasteiger partial charge on any atom is 0.260 e. The highest BCUT2D eigenvalue weighted by Crippen LogP contribution is 2.30. The number of alkyl halides is 2. The summed E-state index contributed by atoms with van der Waals surface area (Å²) in [7, 11) is 0. The fourth-order valence-electron chi connectivity index (χ4n) is 1.81. The summed E-state index contributed by atoms with van der Waals surface area (Å²) < 4.78 is 26.1. The van der Waals surface area contributed by atoms with Crippen LogP contribution in [0.2, 0.25) is 0 Å². The average molecular weight is 213 g/mol. The molecule has 0 bridgehead atoms. The summed E-state index contributed by atoms with van der Waals surface area (Å²) in [5.74, 6) is 0. The molecule has 1 rings (SSSR count). The van der Waals surface area contributed by atoms with Crippen molar-refractivity contribution in [2.24, 2.45) is 0 Å². The van der Waals surface area contributed by atoms with Crippen LogP contribution in [0.4, 0.5) is 8.78 Å². The topological polar surface area (TPSA) is 12.0 Å². The monoisotopic (exact) mass is 213 g/mol. The van der Waals surface area contributed by atoms with Crippen molar-refractivity contribution < 1.29 is 8.78 Å². The van der Waals surface area contributed by atoms with Crippen molar-refractivity contribution in [2.45, 2.75) is 32.7 Å². The van der Waals surface area contributed by atoms with Gasteiger partial charge in [0.05, 0.1) is 0 Å². The van der Waals surface area contributed by atoms with E-state index in [1.54, 1.807) is 19.1 Å². The minimum Gasteiger partial charge on any atom is -0.303 e. The van der Waals surface area contributed by atoms with Gasteiger partial charge in [0, 0.05) is 0 Å². The minimum atomic E-state index is -2.42. The van der Waals surface area contributed by atoms with E-state index in [9.17, 15) is 8.78 Å². The van der Waals surface area contributed by atoms with Crippen LogP contribution in [0.25, 0.3) is 0 Å². The zero-order chi connectivity index (χ0) is 11.5.